The second-order valence-electron chi connectivity index (χ2n) is 6.77. The average molecular weight is 289 g/mol. The van der Waals surface area contributed by atoms with Gasteiger partial charge in [-0.15, -0.1) is 0 Å². The summed E-state index contributed by atoms with van der Waals surface area (Å²) in [5.41, 5.74) is 0.878. The summed E-state index contributed by atoms with van der Waals surface area (Å²) in [6.45, 7) is 7.43. The summed E-state index contributed by atoms with van der Waals surface area (Å²) >= 11 is 0. The van der Waals surface area contributed by atoms with E-state index in [4.69, 9.17) is 0 Å². The Kier molecular flexibility index (Phi) is 4.34. The molecule has 3 rings (SSSR count). The molecular weight excluding hydrogens is 262 g/mol. The van der Waals surface area contributed by atoms with Gasteiger partial charge >= 0.3 is 0 Å². The van der Waals surface area contributed by atoms with Gasteiger partial charge in [-0.2, -0.15) is 0 Å². The molecule has 4 heteroatoms. The number of amides is 1. The lowest BCUT2D eigenvalue weighted by Gasteiger charge is -2.37. The van der Waals surface area contributed by atoms with Crippen LogP contribution >= 0.6 is 0 Å². The zero-order valence-corrected chi connectivity index (χ0v) is 13.2. The van der Waals surface area contributed by atoms with Gasteiger partial charge in [0.25, 0.3) is 5.91 Å². The molecule has 2 fully saturated rings. The Morgan fingerprint density at radius 2 is 1.95 bits per heavy atom. The number of hydrogen-bond donors (Lipinski definition) is 1. The van der Waals surface area contributed by atoms with Crippen LogP contribution in [0.4, 0.5) is 0 Å². The number of nitrogens with zero attached hydrogens (tertiary/aromatic N) is 2. The molecule has 116 valence electrons. The van der Waals surface area contributed by atoms with Crippen molar-refractivity contribution in [3.05, 3.63) is 24.0 Å². The molecule has 0 bridgehead atoms. The van der Waals surface area contributed by atoms with E-state index < -0.39 is 0 Å². The number of nitrogens with one attached hydrogen (secondary N) is 1. The summed E-state index contributed by atoms with van der Waals surface area (Å²) in [4.78, 5) is 15.1. The minimum Gasteiger partial charge on any atom is -0.340 e. The molecule has 0 aromatic carbocycles. The fraction of sp³-hybridized carbons (Fsp3) is 0.706. The lowest BCUT2D eigenvalue weighted by atomic mass is 9.94. The van der Waals surface area contributed by atoms with Crippen LogP contribution in [0.1, 0.15) is 56.1 Å². The first-order valence-electron chi connectivity index (χ1n) is 8.35. The van der Waals surface area contributed by atoms with Crippen LogP contribution in [0.25, 0.3) is 0 Å². The van der Waals surface area contributed by atoms with Gasteiger partial charge in [0.15, 0.2) is 0 Å². The molecule has 2 unspecified atom stereocenters. The maximum Gasteiger partial charge on any atom is 0.270 e. The number of aromatic nitrogens is 1. The van der Waals surface area contributed by atoms with Crippen molar-refractivity contribution < 1.29 is 4.79 Å². The first-order valence-corrected chi connectivity index (χ1v) is 8.35. The van der Waals surface area contributed by atoms with Crippen LogP contribution in [-0.4, -0.2) is 41.1 Å². The Balaban J connectivity index is 1.79. The number of rotatable bonds is 2. The van der Waals surface area contributed by atoms with E-state index in [0.717, 1.165) is 44.6 Å². The van der Waals surface area contributed by atoms with Gasteiger partial charge in [-0.25, -0.2) is 0 Å². The highest BCUT2D eigenvalue weighted by Crippen LogP contribution is 2.26. The van der Waals surface area contributed by atoms with Gasteiger partial charge in [-0.1, -0.05) is 6.92 Å². The fourth-order valence-corrected chi connectivity index (χ4v) is 3.70. The number of carbonyl (C=O) groups is 1. The van der Waals surface area contributed by atoms with Crippen LogP contribution in [0, 0.1) is 5.92 Å². The van der Waals surface area contributed by atoms with Crippen molar-refractivity contribution >= 4 is 5.91 Å². The van der Waals surface area contributed by atoms with Gasteiger partial charge in [0.05, 0.1) is 0 Å². The van der Waals surface area contributed by atoms with E-state index in [0.29, 0.717) is 18.0 Å². The third-order valence-corrected chi connectivity index (χ3v) is 5.08. The van der Waals surface area contributed by atoms with Crippen molar-refractivity contribution in [2.75, 3.05) is 19.6 Å². The summed E-state index contributed by atoms with van der Waals surface area (Å²) in [5, 5.41) is 3.39. The van der Waals surface area contributed by atoms with Crippen molar-refractivity contribution in [2.24, 2.45) is 5.92 Å². The number of piperidine rings is 2. The zero-order chi connectivity index (χ0) is 14.8. The minimum absolute atomic E-state index is 0.220. The molecule has 2 atom stereocenters. The average Bonchev–Trinajstić information content (AvgIpc) is 2.99. The first kappa shape index (κ1) is 14.6. The van der Waals surface area contributed by atoms with Crippen LogP contribution < -0.4 is 5.32 Å². The van der Waals surface area contributed by atoms with Crippen molar-refractivity contribution in [3.63, 3.8) is 0 Å². The largest absolute Gasteiger partial charge is 0.340 e. The molecule has 2 saturated heterocycles. The number of likely N-dealkylation sites (tertiary alicyclic amines) is 1. The highest BCUT2D eigenvalue weighted by molar-refractivity contribution is 5.93. The van der Waals surface area contributed by atoms with E-state index in [2.05, 4.69) is 34.8 Å². The zero-order valence-electron chi connectivity index (χ0n) is 13.2. The highest BCUT2D eigenvalue weighted by Gasteiger charge is 2.30. The molecule has 1 aromatic rings. The third kappa shape index (κ3) is 3.00. The Morgan fingerprint density at radius 1 is 1.19 bits per heavy atom. The van der Waals surface area contributed by atoms with Crippen molar-refractivity contribution in [1.29, 1.82) is 0 Å². The predicted octanol–water partition coefficient (Wildman–Crippen LogP) is 2.67. The molecule has 0 aliphatic carbocycles. The van der Waals surface area contributed by atoms with Crippen LogP contribution in [-0.2, 0) is 0 Å². The van der Waals surface area contributed by atoms with Gasteiger partial charge < -0.3 is 14.8 Å². The van der Waals surface area contributed by atoms with Crippen LogP contribution in [0.15, 0.2) is 18.3 Å². The van der Waals surface area contributed by atoms with Gasteiger partial charge in [-0.3, -0.25) is 4.79 Å². The van der Waals surface area contributed by atoms with Crippen molar-refractivity contribution in [2.45, 2.75) is 51.6 Å². The molecule has 0 saturated carbocycles. The molecule has 2 aliphatic rings. The van der Waals surface area contributed by atoms with Gasteiger partial charge in [0, 0.05) is 24.8 Å². The van der Waals surface area contributed by atoms with Gasteiger partial charge in [-0.05, 0) is 63.7 Å². The summed E-state index contributed by atoms with van der Waals surface area (Å²) in [6.07, 6.45) is 6.67. The van der Waals surface area contributed by atoms with Crippen LogP contribution in [0.3, 0.4) is 0 Å². The smallest absolute Gasteiger partial charge is 0.270 e. The van der Waals surface area contributed by atoms with E-state index in [1.54, 1.807) is 0 Å². The van der Waals surface area contributed by atoms with E-state index in [1.807, 2.05) is 12.1 Å². The minimum atomic E-state index is 0.220. The second-order valence-corrected chi connectivity index (χ2v) is 6.77. The third-order valence-electron chi connectivity index (χ3n) is 5.08. The van der Waals surface area contributed by atoms with Crippen molar-refractivity contribution in [3.8, 4) is 0 Å². The van der Waals surface area contributed by atoms with E-state index in [9.17, 15) is 4.79 Å². The molecule has 2 aliphatic heterocycles. The Bertz CT molecular complexity index is 490. The Hall–Kier alpha value is -1.29. The molecular formula is C17H27N3O. The maximum atomic E-state index is 13.0. The molecule has 0 spiro atoms. The predicted molar refractivity (Wildman–Crippen MR) is 84.5 cm³/mol. The molecule has 1 aromatic heterocycles. The summed E-state index contributed by atoms with van der Waals surface area (Å²) < 4.78 is 2.22. The molecule has 21 heavy (non-hydrogen) atoms. The highest BCUT2D eigenvalue weighted by atomic mass is 16.2. The second kappa shape index (κ2) is 6.22. The van der Waals surface area contributed by atoms with Crippen LogP contribution in [0.5, 0.6) is 0 Å². The Morgan fingerprint density at radius 3 is 2.71 bits per heavy atom. The first-order chi connectivity index (χ1) is 10.2. The molecule has 1 amide bonds. The van der Waals surface area contributed by atoms with E-state index in [1.165, 1.54) is 6.42 Å². The summed E-state index contributed by atoms with van der Waals surface area (Å²) in [7, 11) is 0. The standard InChI is InChI=1S/C17H27N3O/c1-13-5-6-14(2)20(12-13)17(21)16-4-3-11-19(16)15-7-9-18-10-8-15/h3-4,11,13-15,18H,5-10,12H2,1-2H3. The normalized spacial score (nSPS) is 27.8. The monoisotopic (exact) mass is 289 g/mol. The molecule has 1 N–H and O–H groups in total. The van der Waals surface area contributed by atoms with E-state index in [-0.39, 0.29) is 5.91 Å². The topological polar surface area (TPSA) is 37.3 Å². The summed E-state index contributed by atoms with van der Waals surface area (Å²) in [6, 6.07) is 4.85. The van der Waals surface area contributed by atoms with Crippen molar-refractivity contribution in [1.82, 2.24) is 14.8 Å². The van der Waals surface area contributed by atoms with Gasteiger partial charge in [0.1, 0.15) is 5.69 Å². The Labute approximate surface area is 127 Å². The van der Waals surface area contributed by atoms with Gasteiger partial charge in [0.2, 0.25) is 0 Å². The van der Waals surface area contributed by atoms with E-state index >= 15 is 0 Å². The lowest BCUT2D eigenvalue weighted by Crippen LogP contribution is -2.45. The molecule has 3 heterocycles. The number of carbonyl (C=O) groups excluding carboxylic acids is 1. The molecule has 4 nitrogen and oxygen atoms in total. The SMILES string of the molecule is CC1CCC(C)N(C(=O)c2cccn2C2CCNCC2)C1. The van der Waals surface area contributed by atoms with Crippen LogP contribution in [0.2, 0.25) is 0 Å². The molecule has 0 radical (unpaired) electrons. The fourth-order valence-electron chi connectivity index (χ4n) is 3.70. The number of hydrogen-bond acceptors (Lipinski definition) is 2. The maximum absolute atomic E-state index is 13.0. The summed E-state index contributed by atoms with van der Waals surface area (Å²) in [5.74, 6) is 0.838. The quantitative estimate of drug-likeness (QED) is 0.909. The lowest BCUT2D eigenvalue weighted by molar-refractivity contribution is 0.0559.